The second-order valence-corrected chi connectivity index (χ2v) is 3.30. The van der Waals surface area contributed by atoms with Gasteiger partial charge in [0, 0.05) is 0 Å². The predicted octanol–water partition coefficient (Wildman–Crippen LogP) is 3.99. The van der Waals surface area contributed by atoms with Gasteiger partial charge in [-0.1, -0.05) is 18.7 Å². The van der Waals surface area contributed by atoms with Gasteiger partial charge in [0.15, 0.2) is 0 Å². The molecule has 0 saturated heterocycles. The van der Waals surface area contributed by atoms with Gasteiger partial charge in [-0.15, -0.1) is 13.2 Å². The predicted molar refractivity (Wildman–Crippen MR) is 50.9 cm³/mol. The zero-order valence-electron chi connectivity index (χ0n) is 6.94. The molecule has 0 N–H and O–H groups in total. The van der Waals surface area contributed by atoms with E-state index in [4.69, 9.17) is 0 Å². The molecule has 0 heterocycles. The van der Waals surface area contributed by atoms with Crippen molar-refractivity contribution >= 4 is 22.0 Å². The van der Waals surface area contributed by atoms with E-state index >= 15 is 0 Å². The Bertz CT molecular complexity index is 346. The van der Waals surface area contributed by atoms with E-state index in [0.29, 0.717) is 5.56 Å². The van der Waals surface area contributed by atoms with Crippen molar-refractivity contribution in [2.24, 2.45) is 0 Å². The molecule has 76 valence electrons. The summed E-state index contributed by atoms with van der Waals surface area (Å²) in [5.74, 6) is -0.261. The van der Waals surface area contributed by atoms with Gasteiger partial charge in [-0.25, -0.2) is 0 Å². The van der Waals surface area contributed by atoms with E-state index in [2.05, 4.69) is 27.2 Å². The number of ether oxygens (including phenoxy) is 1. The van der Waals surface area contributed by atoms with Gasteiger partial charge in [0.2, 0.25) is 0 Å². The lowest BCUT2D eigenvalue weighted by Crippen LogP contribution is -2.17. The Labute approximate surface area is 87.3 Å². The SMILES string of the molecule is C=Cc1ccc(OC(F)(F)F)c(Br)c1. The summed E-state index contributed by atoms with van der Waals surface area (Å²) >= 11 is 2.97. The van der Waals surface area contributed by atoms with Crippen LogP contribution in [0.3, 0.4) is 0 Å². The summed E-state index contributed by atoms with van der Waals surface area (Å²) in [6, 6.07) is 4.21. The Morgan fingerprint density at radius 1 is 1.36 bits per heavy atom. The Morgan fingerprint density at radius 3 is 2.43 bits per heavy atom. The normalized spacial score (nSPS) is 11.1. The first-order valence-corrected chi connectivity index (χ1v) is 4.39. The molecule has 0 unspecified atom stereocenters. The molecule has 0 aromatic heterocycles. The molecule has 1 aromatic carbocycles. The number of alkyl halides is 3. The van der Waals surface area contributed by atoms with Crippen molar-refractivity contribution in [3.05, 3.63) is 34.8 Å². The molecule has 0 aliphatic heterocycles. The highest BCUT2D eigenvalue weighted by molar-refractivity contribution is 9.10. The molecule has 0 bridgehead atoms. The smallest absolute Gasteiger partial charge is 0.405 e. The summed E-state index contributed by atoms with van der Waals surface area (Å²) in [6.45, 7) is 3.49. The van der Waals surface area contributed by atoms with Crippen LogP contribution in [0.15, 0.2) is 29.3 Å². The van der Waals surface area contributed by atoms with Gasteiger partial charge in [-0.2, -0.15) is 0 Å². The van der Waals surface area contributed by atoms with E-state index in [-0.39, 0.29) is 10.2 Å². The van der Waals surface area contributed by atoms with Gasteiger partial charge < -0.3 is 4.74 Å². The first kappa shape index (κ1) is 11.1. The highest BCUT2D eigenvalue weighted by Crippen LogP contribution is 2.31. The number of hydrogen-bond acceptors (Lipinski definition) is 1. The highest BCUT2D eigenvalue weighted by atomic mass is 79.9. The second kappa shape index (κ2) is 4.04. The molecular weight excluding hydrogens is 261 g/mol. The van der Waals surface area contributed by atoms with Gasteiger partial charge in [-0.05, 0) is 33.6 Å². The fourth-order valence-electron chi connectivity index (χ4n) is 0.852. The van der Waals surface area contributed by atoms with E-state index in [0.717, 1.165) is 0 Å². The number of benzene rings is 1. The molecule has 1 rings (SSSR count). The van der Waals surface area contributed by atoms with Crippen LogP contribution in [0.25, 0.3) is 6.08 Å². The van der Waals surface area contributed by atoms with Crippen LogP contribution in [0.5, 0.6) is 5.75 Å². The maximum Gasteiger partial charge on any atom is 0.573 e. The topological polar surface area (TPSA) is 9.23 Å². The molecular formula is C9H6BrF3O. The molecule has 0 fully saturated rings. The highest BCUT2D eigenvalue weighted by Gasteiger charge is 2.31. The first-order valence-electron chi connectivity index (χ1n) is 3.60. The number of rotatable bonds is 2. The van der Waals surface area contributed by atoms with Crippen LogP contribution in [0.2, 0.25) is 0 Å². The van der Waals surface area contributed by atoms with E-state index in [1.54, 1.807) is 0 Å². The molecule has 0 amide bonds. The van der Waals surface area contributed by atoms with Crippen molar-refractivity contribution in [2.45, 2.75) is 6.36 Å². The summed E-state index contributed by atoms with van der Waals surface area (Å²) in [7, 11) is 0. The molecule has 5 heteroatoms. The molecule has 0 saturated carbocycles. The Balaban J connectivity index is 2.95. The third-order valence-electron chi connectivity index (χ3n) is 1.42. The summed E-state index contributed by atoms with van der Waals surface area (Å²) in [5, 5.41) is 0. The van der Waals surface area contributed by atoms with E-state index in [9.17, 15) is 13.2 Å². The molecule has 0 radical (unpaired) electrons. The maximum absolute atomic E-state index is 11.8. The minimum atomic E-state index is -4.67. The van der Waals surface area contributed by atoms with Gasteiger partial charge in [-0.3, -0.25) is 0 Å². The van der Waals surface area contributed by atoms with Crippen LogP contribution >= 0.6 is 15.9 Å². The number of halogens is 4. The van der Waals surface area contributed by atoms with Crippen molar-refractivity contribution in [1.82, 2.24) is 0 Å². The lowest BCUT2D eigenvalue weighted by molar-refractivity contribution is -0.274. The fourth-order valence-corrected chi connectivity index (χ4v) is 1.33. The van der Waals surface area contributed by atoms with Gasteiger partial charge in [0.25, 0.3) is 0 Å². The molecule has 14 heavy (non-hydrogen) atoms. The van der Waals surface area contributed by atoms with E-state index < -0.39 is 6.36 Å². The Morgan fingerprint density at radius 2 is 2.00 bits per heavy atom. The standard InChI is InChI=1S/C9H6BrF3O/c1-2-6-3-4-8(7(10)5-6)14-9(11,12)13/h2-5H,1H2. The summed E-state index contributed by atoms with van der Waals surface area (Å²) in [4.78, 5) is 0. The lowest BCUT2D eigenvalue weighted by atomic mass is 10.2. The zero-order valence-corrected chi connectivity index (χ0v) is 8.52. The number of hydrogen-bond donors (Lipinski definition) is 0. The Hall–Kier alpha value is -0.970. The molecule has 1 nitrogen and oxygen atoms in total. The average molecular weight is 267 g/mol. The minimum Gasteiger partial charge on any atom is -0.405 e. The van der Waals surface area contributed by atoms with Gasteiger partial charge in [0.05, 0.1) is 4.47 Å². The van der Waals surface area contributed by atoms with Crippen LogP contribution in [-0.2, 0) is 0 Å². The van der Waals surface area contributed by atoms with Crippen LogP contribution in [0.4, 0.5) is 13.2 Å². The maximum atomic E-state index is 11.8. The minimum absolute atomic E-state index is 0.243. The van der Waals surface area contributed by atoms with Crippen molar-refractivity contribution < 1.29 is 17.9 Å². The third kappa shape index (κ3) is 3.06. The van der Waals surface area contributed by atoms with Crippen LogP contribution in [0, 0.1) is 0 Å². The van der Waals surface area contributed by atoms with E-state index in [1.807, 2.05) is 0 Å². The third-order valence-corrected chi connectivity index (χ3v) is 2.04. The van der Waals surface area contributed by atoms with Gasteiger partial charge in [0.1, 0.15) is 5.75 Å². The summed E-state index contributed by atoms with van der Waals surface area (Å²) in [5.41, 5.74) is 0.714. The van der Waals surface area contributed by atoms with Crippen molar-refractivity contribution in [2.75, 3.05) is 0 Å². The Kier molecular flexibility index (Phi) is 3.21. The first-order chi connectivity index (χ1) is 6.42. The van der Waals surface area contributed by atoms with Crippen molar-refractivity contribution in [3.63, 3.8) is 0 Å². The lowest BCUT2D eigenvalue weighted by Gasteiger charge is -2.10. The molecule has 0 aliphatic carbocycles. The van der Waals surface area contributed by atoms with Crippen LogP contribution < -0.4 is 4.74 Å². The van der Waals surface area contributed by atoms with Crippen LogP contribution in [0.1, 0.15) is 5.56 Å². The molecule has 0 aliphatic rings. The van der Waals surface area contributed by atoms with Crippen molar-refractivity contribution in [1.29, 1.82) is 0 Å². The second-order valence-electron chi connectivity index (χ2n) is 2.44. The van der Waals surface area contributed by atoms with Crippen molar-refractivity contribution in [3.8, 4) is 5.75 Å². The quantitative estimate of drug-likeness (QED) is 0.787. The van der Waals surface area contributed by atoms with Crippen LogP contribution in [-0.4, -0.2) is 6.36 Å². The van der Waals surface area contributed by atoms with E-state index in [1.165, 1.54) is 24.3 Å². The molecule has 0 spiro atoms. The molecule has 1 aromatic rings. The summed E-state index contributed by atoms with van der Waals surface area (Å²) < 4.78 is 39.5. The monoisotopic (exact) mass is 266 g/mol. The molecule has 0 atom stereocenters. The average Bonchev–Trinajstić information content (AvgIpc) is 2.06. The summed E-state index contributed by atoms with van der Waals surface area (Å²) in [6.07, 6.45) is -3.14. The fraction of sp³-hybridized carbons (Fsp3) is 0.111. The van der Waals surface area contributed by atoms with Gasteiger partial charge >= 0.3 is 6.36 Å². The largest absolute Gasteiger partial charge is 0.573 e. The zero-order chi connectivity index (χ0) is 10.8.